The molecule has 98 valence electrons. The maximum Gasteiger partial charge on any atom is 0.272 e. The van der Waals surface area contributed by atoms with Gasteiger partial charge in [-0.15, -0.1) is 0 Å². The molecule has 0 heterocycles. The molecule has 0 radical (unpaired) electrons. The first-order chi connectivity index (χ1) is 8.45. The maximum atomic E-state index is 13.4. The lowest BCUT2D eigenvalue weighted by Crippen LogP contribution is -2.34. The first kappa shape index (κ1) is 14.0. The summed E-state index contributed by atoms with van der Waals surface area (Å²) >= 11 is 0. The summed E-state index contributed by atoms with van der Waals surface area (Å²) in [6.07, 6.45) is -1.14. The van der Waals surface area contributed by atoms with Crippen molar-refractivity contribution in [3.05, 3.63) is 39.7 Å². The second-order valence-corrected chi connectivity index (χ2v) is 3.47. The molecule has 3 N–H and O–H groups in total. The lowest BCUT2D eigenvalue weighted by atomic mass is 10.1. The molecular formula is C10H11FN2O5. The molecule has 1 atom stereocenters. The van der Waals surface area contributed by atoms with Crippen molar-refractivity contribution in [2.75, 3.05) is 13.2 Å². The van der Waals surface area contributed by atoms with Gasteiger partial charge >= 0.3 is 0 Å². The van der Waals surface area contributed by atoms with Gasteiger partial charge in [-0.2, -0.15) is 0 Å². The van der Waals surface area contributed by atoms with Crippen LogP contribution in [0.2, 0.25) is 0 Å². The van der Waals surface area contributed by atoms with Crippen LogP contribution in [0, 0.1) is 15.9 Å². The number of nitrogens with zero attached hydrogens (tertiary/aromatic N) is 1. The lowest BCUT2D eigenvalue weighted by Gasteiger charge is -2.09. The highest BCUT2D eigenvalue weighted by Crippen LogP contribution is 2.16. The van der Waals surface area contributed by atoms with Crippen LogP contribution in [0.3, 0.4) is 0 Å². The minimum absolute atomic E-state index is 0.244. The zero-order valence-electron chi connectivity index (χ0n) is 9.17. The number of nitro benzene ring substituents is 1. The Morgan fingerprint density at radius 2 is 2.22 bits per heavy atom. The van der Waals surface area contributed by atoms with Crippen molar-refractivity contribution in [3.63, 3.8) is 0 Å². The molecule has 0 spiro atoms. The summed E-state index contributed by atoms with van der Waals surface area (Å²) < 4.78 is 13.4. The van der Waals surface area contributed by atoms with E-state index in [2.05, 4.69) is 5.32 Å². The van der Waals surface area contributed by atoms with Crippen LogP contribution >= 0.6 is 0 Å². The van der Waals surface area contributed by atoms with Crippen LogP contribution in [-0.4, -0.2) is 40.3 Å². The number of amides is 1. The van der Waals surface area contributed by atoms with Gasteiger partial charge in [0.1, 0.15) is 5.82 Å². The fourth-order valence-electron chi connectivity index (χ4n) is 1.17. The Morgan fingerprint density at radius 1 is 1.56 bits per heavy atom. The van der Waals surface area contributed by atoms with E-state index in [1.54, 1.807) is 0 Å². The Balaban J connectivity index is 2.78. The summed E-state index contributed by atoms with van der Waals surface area (Å²) in [6.45, 7) is -0.783. The second-order valence-electron chi connectivity index (χ2n) is 3.47. The van der Waals surface area contributed by atoms with Crippen molar-refractivity contribution in [3.8, 4) is 0 Å². The number of hydrogen-bond acceptors (Lipinski definition) is 5. The molecule has 7 nitrogen and oxygen atoms in total. The van der Waals surface area contributed by atoms with Gasteiger partial charge in [0.05, 0.1) is 29.3 Å². The highest BCUT2D eigenvalue weighted by molar-refractivity contribution is 5.94. The number of aliphatic hydroxyl groups is 2. The number of carbonyl (C=O) groups excluding carboxylic acids is 1. The molecule has 0 aliphatic rings. The summed E-state index contributed by atoms with van der Waals surface area (Å²) in [6, 6.07) is 2.62. The van der Waals surface area contributed by atoms with E-state index in [4.69, 9.17) is 10.2 Å². The summed E-state index contributed by atoms with van der Waals surface area (Å²) in [7, 11) is 0. The van der Waals surface area contributed by atoms with E-state index >= 15 is 0 Å². The van der Waals surface area contributed by atoms with E-state index in [0.717, 1.165) is 12.1 Å². The van der Waals surface area contributed by atoms with Crippen LogP contribution in [0.5, 0.6) is 0 Å². The molecular weight excluding hydrogens is 247 g/mol. The van der Waals surface area contributed by atoms with Crippen molar-refractivity contribution in [2.24, 2.45) is 0 Å². The Hall–Kier alpha value is -2.06. The highest BCUT2D eigenvalue weighted by Gasteiger charge is 2.16. The zero-order valence-corrected chi connectivity index (χ0v) is 9.17. The van der Waals surface area contributed by atoms with Gasteiger partial charge in [0.2, 0.25) is 0 Å². The van der Waals surface area contributed by atoms with Crippen LogP contribution in [0.1, 0.15) is 10.4 Å². The quantitative estimate of drug-likeness (QED) is 0.500. The topological polar surface area (TPSA) is 113 Å². The van der Waals surface area contributed by atoms with Crippen LogP contribution in [-0.2, 0) is 0 Å². The monoisotopic (exact) mass is 258 g/mol. The van der Waals surface area contributed by atoms with Gasteiger partial charge in [-0.25, -0.2) is 4.39 Å². The van der Waals surface area contributed by atoms with Crippen LogP contribution in [0.25, 0.3) is 0 Å². The van der Waals surface area contributed by atoms with Crippen molar-refractivity contribution in [1.29, 1.82) is 0 Å². The first-order valence-electron chi connectivity index (χ1n) is 4.96. The first-order valence-corrected chi connectivity index (χ1v) is 4.96. The predicted molar refractivity (Wildman–Crippen MR) is 58.5 cm³/mol. The Labute approximate surface area is 101 Å². The number of nitrogens with one attached hydrogen (secondary N) is 1. The van der Waals surface area contributed by atoms with Gasteiger partial charge in [-0.1, -0.05) is 0 Å². The smallest absolute Gasteiger partial charge is 0.272 e. The Bertz CT molecular complexity index is 466. The normalized spacial score (nSPS) is 11.9. The highest BCUT2D eigenvalue weighted by atomic mass is 19.1. The number of carbonyl (C=O) groups is 1. The molecule has 1 unspecified atom stereocenters. The largest absolute Gasteiger partial charge is 0.394 e. The van der Waals surface area contributed by atoms with Crippen molar-refractivity contribution in [1.82, 2.24) is 5.32 Å². The maximum absolute atomic E-state index is 13.4. The molecule has 18 heavy (non-hydrogen) atoms. The molecule has 1 amide bonds. The van der Waals surface area contributed by atoms with Gasteiger partial charge < -0.3 is 15.5 Å². The van der Waals surface area contributed by atoms with Crippen LogP contribution < -0.4 is 5.32 Å². The van der Waals surface area contributed by atoms with Crippen molar-refractivity contribution < 1.29 is 24.3 Å². The summed E-state index contributed by atoms with van der Waals surface area (Å²) in [5.41, 5.74) is -0.829. The lowest BCUT2D eigenvalue weighted by molar-refractivity contribution is -0.385. The SMILES string of the molecule is O=C(NCC(O)CO)c1ccc([N+](=O)[O-])cc1F. The summed E-state index contributed by atoms with van der Waals surface area (Å²) in [5.74, 6) is -1.85. The Kier molecular flexibility index (Phi) is 4.69. The van der Waals surface area contributed by atoms with E-state index in [0.29, 0.717) is 6.07 Å². The second kappa shape index (κ2) is 6.03. The number of nitro groups is 1. The molecule has 0 bridgehead atoms. The van der Waals surface area contributed by atoms with E-state index in [1.165, 1.54) is 0 Å². The predicted octanol–water partition coefficient (Wildman–Crippen LogP) is -0.183. The van der Waals surface area contributed by atoms with E-state index in [9.17, 15) is 19.3 Å². The number of halogens is 1. The van der Waals surface area contributed by atoms with Crippen molar-refractivity contribution >= 4 is 11.6 Å². The fourth-order valence-corrected chi connectivity index (χ4v) is 1.17. The number of benzene rings is 1. The molecule has 0 saturated heterocycles. The minimum atomic E-state index is -1.14. The molecule has 1 aromatic rings. The molecule has 1 rings (SSSR count). The molecule has 0 aliphatic carbocycles. The van der Waals surface area contributed by atoms with Gasteiger partial charge in [-0.3, -0.25) is 14.9 Å². The van der Waals surface area contributed by atoms with Gasteiger partial charge in [0.15, 0.2) is 0 Å². The molecule has 0 aromatic heterocycles. The van der Waals surface area contributed by atoms with Crippen LogP contribution in [0.15, 0.2) is 18.2 Å². The molecule has 8 heteroatoms. The zero-order chi connectivity index (χ0) is 13.7. The molecule has 0 fully saturated rings. The average molecular weight is 258 g/mol. The van der Waals surface area contributed by atoms with Crippen LogP contribution in [0.4, 0.5) is 10.1 Å². The minimum Gasteiger partial charge on any atom is -0.394 e. The van der Waals surface area contributed by atoms with E-state index < -0.39 is 35.0 Å². The average Bonchev–Trinajstić information content (AvgIpc) is 2.35. The third kappa shape index (κ3) is 3.47. The standard InChI is InChI=1S/C10H11FN2O5/c11-9-3-6(13(17)18)1-2-8(9)10(16)12-4-7(15)5-14/h1-3,7,14-15H,4-5H2,(H,12,16). The summed E-state index contributed by atoms with van der Waals surface area (Å²) in [5, 5.41) is 30.1. The van der Waals surface area contributed by atoms with Gasteiger partial charge in [0.25, 0.3) is 11.6 Å². The third-order valence-corrected chi connectivity index (χ3v) is 2.12. The third-order valence-electron chi connectivity index (χ3n) is 2.12. The van der Waals surface area contributed by atoms with E-state index in [-0.39, 0.29) is 12.1 Å². The summed E-state index contributed by atoms with van der Waals surface area (Å²) in [4.78, 5) is 21.0. The molecule has 0 aliphatic heterocycles. The molecule has 1 aromatic carbocycles. The number of rotatable bonds is 5. The van der Waals surface area contributed by atoms with Gasteiger partial charge in [-0.05, 0) is 6.07 Å². The number of aliphatic hydroxyl groups excluding tert-OH is 2. The van der Waals surface area contributed by atoms with Crippen molar-refractivity contribution in [2.45, 2.75) is 6.10 Å². The van der Waals surface area contributed by atoms with Gasteiger partial charge in [0, 0.05) is 12.6 Å². The Morgan fingerprint density at radius 3 is 2.72 bits per heavy atom. The molecule has 0 saturated carbocycles. The number of non-ortho nitro benzene ring substituents is 1. The fraction of sp³-hybridized carbons (Fsp3) is 0.300. The van der Waals surface area contributed by atoms with E-state index in [1.807, 2.05) is 0 Å². The number of hydrogen-bond donors (Lipinski definition) is 3.